The van der Waals surface area contributed by atoms with Crippen LogP contribution in [0.25, 0.3) is 11.3 Å². The van der Waals surface area contributed by atoms with Gasteiger partial charge in [-0.3, -0.25) is 9.78 Å². The number of piperidine rings is 1. The highest BCUT2D eigenvalue weighted by atomic mass is 32.2. The van der Waals surface area contributed by atoms with Crippen LogP contribution in [0.2, 0.25) is 0 Å². The molecule has 1 amide bonds. The molecule has 1 saturated carbocycles. The first-order chi connectivity index (χ1) is 13.4. The zero-order valence-corrected chi connectivity index (χ0v) is 16.7. The van der Waals surface area contributed by atoms with Crippen LogP contribution in [-0.4, -0.2) is 49.6 Å². The number of pyridine rings is 1. The summed E-state index contributed by atoms with van der Waals surface area (Å²) in [6.45, 7) is 1.16. The molecule has 1 saturated heterocycles. The SMILES string of the molecule is CS(=O)(=O)N[C@H]1CCCN(C(=O)[C@@H]2C[C@H]2c2ccccc2-c2ccccn2)C1. The van der Waals surface area contributed by atoms with Crippen molar-refractivity contribution >= 4 is 15.9 Å². The van der Waals surface area contributed by atoms with Gasteiger partial charge in [0.15, 0.2) is 0 Å². The van der Waals surface area contributed by atoms with Gasteiger partial charge in [-0.05, 0) is 42.9 Å². The van der Waals surface area contributed by atoms with Crippen molar-refractivity contribution in [2.24, 2.45) is 5.92 Å². The van der Waals surface area contributed by atoms with Gasteiger partial charge in [-0.25, -0.2) is 13.1 Å². The molecule has 1 aromatic carbocycles. The number of rotatable bonds is 5. The molecule has 7 heteroatoms. The smallest absolute Gasteiger partial charge is 0.226 e. The fourth-order valence-corrected chi connectivity index (χ4v) is 5.00. The van der Waals surface area contributed by atoms with Gasteiger partial charge in [0.05, 0.1) is 11.9 Å². The highest BCUT2D eigenvalue weighted by molar-refractivity contribution is 7.88. The fraction of sp³-hybridized carbons (Fsp3) is 0.429. The van der Waals surface area contributed by atoms with Crippen LogP contribution in [0.5, 0.6) is 0 Å². The number of benzene rings is 1. The van der Waals surface area contributed by atoms with Gasteiger partial charge in [-0.15, -0.1) is 0 Å². The van der Waals surface area contributed by atoms with Crippen molar-refractivity contribution in [2.75, 3.05) is 19.3 Å². The molecule has 1 aliphatic carbocycles. The van der Waals surface area contributed by atoms with E-state index in [4.69, 9.17) is 0 Å². The van der Waals surface area contributed by atoms with Crippen molar-refractivity contribution in [1.82, 2.24) is 14.6 Å². The molecule has 1 aliphatic heterocycles. The van der Waals surface area contributed by atoms with Crippen LogP contribution in [0.4, 0.5) is 0 Å². The molecule has 3 atom stereocenters. The lowest BCUT2D eigenvalue weighted by Crippen LogP contribution is -2.49. The van der Waals surface area contributed by atoms with E-state index in [0.29, 0.717) is 13.1 Å². The molecule has 2 aromatic rings. The van der Waals surface area contributed by atoms with Gasteiger partial charge >= 0.3 is 0 Å². The predicted octanol–water partition coefficient (Wildman–Crippen LogP) is 2.39. The van der Waals surface area contributed by atoms with Gasteiger partial charge < -0.3 is 4.90 Å². The third kappa shape index (κ3) is 4.25. The molecule has 6 nitrogen and oxygen atoms in total. The zero-order chi connectivity index (χ0) is 19.7. The highest BCUT2D eigenvalue weighted by Crippen LogP contribution is 2.51. The first-order valence-electron chi connectivity index (χ1n) is 9.69. The van der Waals surface area contributed by atoms with E-state index in [2.05, 4.69) is 21.8 Å². The number of nitrogens with one attached hydrogen (secondary N) is 1. The van der Waals surface area contributed by atoms with E-state index in [-0.39, 0.29) is 23.8 Å². The molecule has 0 unspecified atom stereocenters. The third-order valence-corrected chi connectivity index (χ3v) is 6.28. The van der Waals surface area contributed by atoms with E-state index in [1.807, 2.05) is 35.2 Å². The minimum absolute atomic E-state index is 0.0261. The summed E-state index contributed by atoms with van der Waals surface area (Å²) in [6, 6.07) is 13.8. The molecule has 1 aromatic heterocycles. The summed E-state index contributed by atoms with van der Waals surface area (Å²) in [5, 5.41) is 0. The average molecular weight is 400 g/mol. The number of hydrogen-bond donors (Lipinski definition) is 1. The van der Waals surface area contributed by atoms with E-state index >= 15 is 0 Å². The van der Waals surface area contributed by atoms with Crippen molar-refractivity contribution < 1.29 is 13.2 Å². The summed E-state index contributed by atoms with van der Waals surface area (Å²) in [7, 11) is -3.26. The topological polar surface area (TPSA) is 79.4 Å². The van der Waals surface area contributed by atoms with E-state index in [9.17, 15) is 13.2 Å². The largest absolute Gasteiger partial charge is 0.341 e. The maximum absolute atomic E-state index is 13.0. The first kappa shape index (κ1) is 19.1. The Morgan fingerprint density at radius 2 is 1.96 bits per heavy atom. The number of aromatic nitrogens is 1. The molecule has 2 heterocycles. The lowest BCUT2D eigenvalue weighted by Gasteiger charge is -2.33. The van der Waals surface area contributed by atoms with E-state index in [1.165, 1.54) is 11.8 Å². The number of nitrogens with zero attached hydrogens (tertiary/aromatic N) is 2. The van der Waals surface area contributed by atoms with E-state index < -0.39 is 10.0 Å². The minimum Gasteiger partial charge on any atom is -0.341 e. The molecule has 2 aliphatic rings. The Kier molecular flexibility index (Phi) is 5.21. The maximum atomic E-state index is 13.0. The Morgan fingerprint density at radius 1 is 1.18 bits per heavy atom. The summed E-state index contributed by atoms with van der Waals surface area (Å²) in [5.41, 5.74) is 3.17. The Morgan fingerprint density at radius 3 is 2.71 bits per heavy atom. The lowest BCUT2D eigenvalue weighted by atomic mass is 9.98. The number of likely N-dealkylation sites (tertiary alicyclic amines) is 1. The molecule has 28 heavy (non-hydrogen) atoms. The molecule has 148 valence electrons. The van der Waals surface area contributed by atoms with Gasteiger partial charge in [0, 0.05) is 36.8 Å². The monoisotopic (exact) mass is 399 g/mol. The van der Waals surface area contributed by atoms with Gasteiger partial charge in [-0.2, -0.15) is 0 Å². The van der Waals surface area contributed by atoms with Crippen LogP contribution in [0.1, 0.15) is 30.7 Å². The minimum atomic E-state index is -3.26. The Hall–Kier alpha value is -2.25. The van der Waals surface area contributed by atoms with Crippen molar-refractivity contribution in [1.29, 1.82) is 0 Å². The molecular formula is C21H25N3O3S. The first-order valence-corrected chi connectivity index (χ1v) is 11.6. The fourth-order valence-electron chi connectivity index (χ4n) is 4.20. The number of sulfonamides is 1. The number of carbonyl (C=O) groups excluding carboxylic acids is 1. The number of hydrogen-bond acceptors (Lipinski definition) is 4. The van der Waals surface area contributed by atoms with Crippen LogP contribution in [0.3, 0.4) is 0 Å². The molecule has 0 radical (unpaired) electrons. The highest BCUT2D eigenvalue weighted by Gasteiger charge is 2.47. The second-order valence-electron chi connectivity index (χ2n) is 7.76. The van der Waals surface area contributed by atoms with Crippen LogP contribution < -0.4 is 4.72 Å². The quantitative estimate of drug-likeness (QED) is 0.837. The Bertz CT molecular complexity index is 962. The van der Waals surface area contributed by atoms with Gasteiger partial charge in [0.2, 0.25) is 15.9 Å². The van der Waals surface area contributed by atoms with Gasteiger partial charge in [0.1, 0.15) is 0 Å². The van der Waals surface area contributed by atoms with Crippen LogP contribution in [0.15, 0.2) is 48.7 Å². The van der Waals surface area contributed by atoms with Crippen LogP contribution >= 0.6 is 0 Å². The van der Waals surface area contributed by atoms with E-state index in [0.717, 1.165) is 30.5 Å². The zero-order valence-electron chi connectivity index (χ0n) is 15.9. The Balaban J connectivity index is 1.47. The second kappa shape index (κ2) is 7.64. The summed E-state index contributed by atoms with van der Waals surface area (Å²) < 4.78 is 25.7. The number of amides is 1. The molecule has 0 spiro atoms. The normalized spacial score (nSPS) is 24.8. The number of carbonyl (C=O) groups is 1. The van der Waals surface area contributed by atoms with Crippen molar-refractivity contribution in [3.05, 3.63) is 54.2 Å². The van der Waals surface area contributed by atoms with Crippen LogP contribution in [0, 0.1) is 5.92 Å². The predicted molar refractivity (Wildman–Crippen MR) is 108 cm³/mol. The summed E-state index contributed by atoms with van der Waals surface area (Å²) in [4.78, 5) is 19.3. The van der Waals surface area contributed by atoms with Crippen molar-refractivity contribution in [3.8, 4) is 11.3 Å². The molecule has 1 N–H and O–H groups in total. The molecular weight excluding hydrogens is 374 g/mol. The molecule has 0 bridgehead atoms. The van der Waals surface area contributed by atoms with Crippen LogP contribution in [-0.2, 0) is 14.8 Å². The molecule has 4 rings (SSSR count). The van der Waals surface area contributed by atoms with Gasteiger partial charge in [-0.1, -0.05) is 30.3 Å². The van der Waals surface area contributed by atoms with E-state index in [1.54, 1.807) is 6.20 Å². The molecule has 2 fully saturated rings. The van der Waals surface area contributed by atoms with Crippen molar-refractivity contribution in [2.45, 2.75) is 31.2 Å². The summed E-state index contributed by atoms with van der Waals surface area (Å²) >= 11 is 0. The summed E-state index contributed by atoms with van der Waals surface area (Å²) in [5.74, 6) is 0.316. The third-order valence-electron chi connectivity index (χ3n) is 5.52. The lowest BCUT2D eigenvalue weighted by molar-refractivity contribution is -0.133. The maximum Gasteiger partial charge on any atom is 0.226 e. The second-order valence-corrected chi connectivity index (χ2v) is 9.54. The Labute approximate surface area is 166 Å². The standard InChI is InChI=1S/C21H25N3O3S/c1-28(26,27)23-15-7-6-12-24(14-15)21(25)19-13-18(19)16-8-2-3-9-17(16)20-10-4-5-11-22-20/h2-5,8-11,15,18-19,23H,6-7,12-14H2,1H3/t15-,18-,19+/m0/s1. The van der Waals surface area contributed by atoms with Gasteiger partial charge in [0.25, 0.3) is 0 Å². The average Bonchev–Trinajstić information content (AvgIpc) is 3.48. The summed E-state index contributed by atoms with van der Waals surface area (Å²) in [6.07, 6.45) is 5.38. The van der Waals surface area contributed by atoms with Crippen molar-refractivity contribution in [3.63, 3.8) is 0 Å².